The first-order valence-electron chi connectivity index (χ1n) is 4.64. The van der Waals surface area contributed by atoms with Gasteiger partial charge in [0.15, 0.2) is 0 Å². The summed E-state index contributed by atoms with van der Waals surface area (Å²) in [6.45, 7) is 4.25. The van der Waals surface area contributed by atoms with Crippen LogP contribution in [0.15, 0.2) is 0 Å². The average molecular weight is 205 g/mol. The molecule has 0 atom stereocenters. The van der Waals surface area contributed by atoms with Crippen LogP contribution in [0.3, 0.4) is 0 Å². The predicted molar refractivity (Wildman–Crippen MR) is 51.9 cm³/mol. The fourth-order valence-corrected chi connectivity index (χ4v) is 0.892. The van der Waals surface area contributed by atoms with E-state index >= 15 is 0 Å². The zero-order valence-electron chi connectivity index (χ0n) is 8.75. The van der Waals surface area contributed by atoms with Gasteiger partial charge in [-0.3, -0.25) is 0 Å². The third kappa shape index (κ3) is 6.68. The molecule has 3 N–H and O–H groups in total. The van der Waals surface area contributed by atoms with Crippen molar-refractivity contribution in [3.8, 4) is 0 Å². The Morgan fingerprint density at radius 2 is 2.00 bits per heavy atom. The van der Waals surface area contributed by atoms with Crippen LogP contribution in [0.5, 0.6) is 0 Å². The Bertz CT molecular complexity index is 170. The SMILES string of the molecule is CC(C)(CCO)CNC(=O)OCCO. The van der Waals surface area contributed by atoms with Crippen molar-refractivity contribution in [3.63, 3.8) is 0 Å². The largest absolute Gasteiger partial charge is 0.447 e. The molecule has 0 saturated heterocycles. The lowest BCUT2D eigenvalue weighted by Crippen LogP contribution is -2.35. The molecule has 0 fully saturated rings. The fourth-order valence-electron chi connectivity index (χ4n) is 0.892. The van der Waals surface area contributed by atoms with Crippen LogP contribution in [0.25, 0.3) is 0 Å². The molecular formula is C9H19NO4. The zero-order chi connectivity index (χ0) is 11.0. The summed E-state index contributed by atoms with van der Waals surface area (Å²) in [5, 5.41) is 19.7. The summed E-state index contributed by atoms with van der Waals surface area (Å²) in [7, 11) is 0. The predicted octanol–water partition coefficient (Wildman–Crippen LogP) is 0.113. The van der Waals surface area contributed by atoms with Crippen LogP contribution in [-0.2, 0) is 4.74 Å². The molecular weight excluding hydrogens is 186 g/mol. The maximum absolute atomic E-state index is 10.9. The van der Waals surface area contributed by atoms with Crippen molar-refractivity contribution in [2.45, 2.75) is 20.3 Å². The number of nitrogens with one attached hydrogen (secondary N) is 1. The number of alkyl carbamates (subject to hydrolysis) is 1. The van der Waals surface area contributed by atoms with Crippen molar-refractivity contribution >= 4 is 6.09 Å². The normalized spacial score (nSPS) is 11.1. The number of aliphatic hydroxyl groups is 2. The van der Waals surface area contributed by atoms with E-state index in [0.29, 0.717) is 13.0 Å². The van der Waals surface area contributed by atoms with Crippen LogP contribution in [0.4, 0.5) is 4.79 Å². The first-order valence-corrected chi connectivity index (χ1v) is 4.64. The number of rotatable bonds is 6. The van der Waals surface area contributed by atoms with Crippen LogP contribution < -0.4 is 5.32 Å². The number of hydrogen-bond acceptors (Lipinski definition) is 4. The highest BCUT2D eigenvalue weighted by Gasteiger charge is 2.18. The summed E-state index contributed by atoms with van der Waals surface area (Å²) in [6.07, 6.45) is 0.0814. The van der Waals surface area contributed by atoms with Crippen molar-refractivity contribution in [2.75, 3.05) is 26.4 Å². The van der Waals surface area contributed by atoms with Gasteiger partial charge >= 0.3 is 6.09 Å². The maximum Gasteiger partial charge on any atom is 0.407 e. The van der Waals surface area contributed by atoms with Crippen molar-refractivity contribution in [2.24, 2.45) is 5.41 Å². The van der Waals surface area contributed by atoms with Crippen LogP contribution in [-0.4, -0.2) is 42.7 Å². The van der Waals surface area contributed by atoms with Crippen molar-refractivity contribution in [1.82, 2.24) is 5.32 Å². The smallest absolute Gasteiger partial charge is 0.407 e. The minimum absolute atomic E-state index is 0.00621. The lowest BCUT2D eigenvalue weighted by atomic mass is 9.90. The highest BCUT2D eigenvalue weighted by Crippen LogP contribution is 2.17. The molecule has 0 rings (SSSR count). The van der Waals surface area contributed by atoms with Crippen LogP contribution in [0.1, 0.15) is 20.3 Å². The summed E-state index contributed by atoms with van der Waals surface area (Å²) in [5.41, 5.74) is -0.146. The number of amides is 1. The molecule has 0 saturated carbocycles. The molecule has 0 aliphatic carbocycles. The van der Waals surface area contributed by atoms with Gasteiger partial charge in [-0.05, 0) is 11.8 Å². The van der Waals surface area contributed by atoms with Gasteiger partial charge in [-0.2, -0.15) is 0 Å². The first kappa shape index (κ1) is 13.2. The lowest BCUT2D eigenvalue weighted by molar-refractivity contribution is 0.114. The quantitative estimate of drug-likeness (QED) is 0.575. The molecule has 0 bridgehead atoms. The number of hydrogen-bond donors (Lipinski definition) is 3. The molecule has 5 heteroatoms. The van der Waals surface area contributed by atoms with E-state index in [1.807, 2.05) is 13.8 Å². The second-order valence-electron chi connectivity index (χ2n) is 3.85. The molecule has 0 aromatic carbocycles. The molecule has 0 aromatic rings. The standard InChI is InChI=1S/C9H19NO4/c1-9(2,3-4-11)7-10-8(13)14-6-5-12/h11-12H,3-7H2,1-2H3,(H,10,13). The number of ether oxygens (including phenoxy) is 1. The maximum atomic E-state index is 10.9. The molecule has 84 valence electrons. The average Bonchev–Trinajstić information content (AvgIpc) is 2.11. The summed E-state index contributed by atoms with van der Waals surface area (Å²) in [4.78, 5) is 10.9. The summed E-state index contributed by atoms with van der Waals surface area (Å²) in [5.74, 6) is 0. The van der Waals surface area contributed by atoms with E-state index < -0.39 is 6.09 Å². The van der Waals surface area contributed by atoms with E-state index in [1.165, 1.54) is 0 Å². The third-order valence-corrected chi connectivity index (χ3v) is 1.82. The van der Waals surface area contributed by atoms with Gasteiger partial charge in [0.25, 0.3) is 0 Å². The zero-order valence-corrected chi connectivity index (χ0v) is 8.75. The molecule has 0 aromatic heterocycles. The van der Waals surface area contributed by atoms with Crippen molar-refractivity contribution in [3.05, 3.63) is 0 Å². The van der Waals surface area contributed by atoms with Gasteiger partial charge in [0, 0.05) is 13.2 Å². The Balaban J connectivity index is 3.64. The molecule has 0 radical (unpaired) electrons. The molecule has 0 heterocycles. The highest BCUT2D eigenvalue weighted by atomic mass is 16.6. The number of carbonyl (C=O) groups is 1. The van der Waals surface area contributed by atoms with Gasteiger partial charge in [0.05, 0.1) is 6.61 Å². The Kier molecular flexibility index (Phi) is 6.23. The van der Waals surface area contributed by atoms with Crippen LogP contribution >= 0.6 is 0 Å². The molecule has 1 amide bonds. The van der Waals surface area contributed by atoms with Gasteiger partial charge in [-0.15, -0.1) is 0 Å². The Hall–Kier alpha value is -0.810. The van der Waals surface area contributed by atoms with E-state index in [4.69, 9.17) is 10.2 Å². The summed E-state index contributed by atoms with van der Waals surface area (Å²) < 4.78 is 4.60. The van der Waals surface area contributed by atoms with Crippen molar-refractivity contribution < 1.29 is 19.7 Å². The minimum atomic E-state index is -0.537. The fraction of sp³-hybridized carbons (Fsp3) is 0.889. The topological polar surface area (TPSA) is 78.8 Å². The van der Waals surface area contributed by atoms with E-state index in [9.17, 15) is 4.79 Å². The molecule has 14 heavy (non-hydrogen) atoms. The molecule has 0 aliphatic heterocycles. The van der Waals surface area contributed by atoms with Gasteiger partial charge < -0.3 is 20.3 Å². The first-order chi connectivity index (χ1) is 6.52. The van der Waals surface area contributed by atoms with E-state index in [2.05, 4.69) is 10.1 Å². The molecule has 5 nitrogen and oxygen atoms in total. The van der Waals surface area contributed by atoms with E-state index in [0.717, 1.165) is 0 Å². The molecule has 0 spiro atoms. The Labute approximate surface area is 84.1 Å². The Morgan fingerprint density at radius 1 is 1.36 bits per heavy atom. The van der Waals surface area contributed by atoms with E-state index in [-0.39, 0.29) is 25.2 Å². The van der Waals surface area contributed by atoms with Gasteiger partial charge in [0.2, 0.25) is 0 Å². The number of aliphatic hydroxyl groups excluding tert-OH is 2. The van der Waals surface area contributed by atoms with Gasteiger partial charge in [-0.1, -0.05) is 13.8 Å². The molecule has 0 unspecified atom stereocenters. The minimum Gasteiger partial charge on any atom is -0.447 e. The van der Waals surface area contributed by atoms with Crippen molar-refractivity contribution in [1.29, 1.82) is 0 Å². The lowest BCUT2D eigenvalue weighted by Gasteiger charge is -2.23. The third-order valence-electron chi connectivity index (χ3n) is 1.82. The monoisotopic (exact) mass is 205 g/mol. The van der Waals surface area contributed by atoms with Gasteiger partial charge in [0.1, 0.15) is 6.61 Å². The van der Waals surface area contributed by atoms with Crippen LogP contribution in [0.2, 0.25) is 0 Å². The van der Waals surface area contributed by atoms with Gasteiger partial charge in [-0.25, -0.2) is 4.79 Å². The second-order valence-corrected chi connectivity index (χ2v) is 3.85. The Morgan fingerprint density at radius 3 is 2.50 bits per heavy atom. The summed E-state index contributed by atoms with van der Waals surface area (Å²) >= 11 is 0. The highest BCUT2D eigenvalue weighted by molar-refractivity contribution is 5.67. The number of carbonyl (C=O) groups excluding carboxylic acids is 1. The molecule has 0 aliphatic rings. The van der Waals surface area contributed by atoms with E-state index in [1.54, 1.807) is 0 Å². The summed E-state index contributed by atoms with van der Waals surface area (Å²) in [6, 6.07) is 0. The van der Waals surface area contributed by atoms with Crippen LogP contribution in [0, 0.1) is 5.41 Å². The second kappa shape index (κ2) is 6.62.